The zero-order chi connectivity index (χ0) is 18.3. The smallest absolute Gasteiger partial charge is 0.314 e. The molecule has 0 heterocycles. The maximum absolute atomic E-state index is 12.4. The lowest BCUT2D eigenvalue weighted by molar-refractivity contribution is -0.167. The lowest BCUT2D eigenvalue weighted by Crippen LogP contribution is -2.36. The van der Waals surface area contributed by atoms with Crippen LogP contribution >= 0.6 is 0 Å². The normalized spacial score (nSPS) is 15.5. The Bertz CT molecular complexity index is 507. The van der Waals surface area contributed by atoms with E-state index in [-0.39, 0.29) is 12.1 Å². The van der Waals surface area contributed by atoms with Gasteiger partial charge in [0, 0.05) is 0 Å². The van der Waals surface area contributed by atoms with Gasteiger partial charge in [-0.25, -0.2) is 0 Å². The van der Waals surface area contributed by atoms with Crippen molar-refractivity contribution in [2.24, 2.45) is 5.41 Å². The highest BCUT2D eigenvalue weighted by Crippen LogP contribution is 2.39. The number of carbonyl (C=O) groups excluding carboxylic acids is 1. The zero-order valence-corrected chi connectivity index (χ0v) is 15.5. The van der Waals surface area contributed by atoms with Crippen LogP contribution in [0.5, 0.6) is 5.75 Å². The molecular weight excluding hydrogens is 308 g/mol. The molecule has 1 N–H and O–H groups in total. The third-order valence-corrected chi connectivity index (χ3v) is 3.92. The highest BCUT2D eigenvalue weighted by Gasteiger charge is 2.41. The average molecular weight is 338 g/mol. The van der Waals surface area contributed by atoms with Gasteiger partial charge in [0.05, 0.1) is 37.4 Å². The quantitative estimate of drug-likeness (QED) is 0.698. The van der Waals surface area contributed by atoms with E-state index in [1.165, 1.54) is 0 Å². The van der Waals surface area contributed by atoms with Crippen LogP contribution in [0.1, 0.15) is 52.7 Å². The number of rotatable bonds is 9. The summed E-state index contributed by atoms with van der Waals surface area (Å²) in [6, 6.07) is 7.46. The van der Waals surface area contributed by atoms with E-state index in [4.69, 9.17) is 14.2 Å². The minimum Gasteiger partial charge on any atom is -0.497 e. The van der Waals surface area contributed by atoms with E-state index in [0.717, 1.165) is 11.3 Å². The van der Waals surface area contributed by atoms with Crippen LogP contribution in [0.2, 0.25) is 0 Å². The van der Waals surface area contributed by atoms with Crippen molar-refractivity contribution in [1.82, 2.24) is 0 Å². The number of hydrogen-bond acceptors (Lipinski definition) is 5. The monoisotopic (exact) mass is 338 g/mol. The van der Waals surface area contributed by atoms with Crippen LogP contribution in [0.4, 0.5) is 0 Å². The predicted octanol–water partition coefficient (Wildman–Crippen LogP) is 3.50. The molecule has 0 radical (unpaired) electrons. The van der Waals surface area contributed by atoms with Gasteiger partial charge in [-0.2, -0.15) is 0 Å². The Morgan fingerprint density at radius 3 is 2.25 bits per heavy atom. The summed E-state index contributed by atoms with van der Waals surface area (Å²) in [5, 5.41) is 9.58. The number of aliphatic hydroxyl groups excluding tert-OH is 1. The molecular formula is C19H30O5. The molecule has 1 aromatic carbocycles. The van der Waals surface area contributed by atoms with Crippen LogP contribution in [0.25, 0.3) is 0 Å². The molecule has 0 aliphatic carbocycles. The highest BCUT2D eigenvalue weighted by atomic mass is 16.5. The van der Waals surface area contributed by atoms with E-state index in [1.807, 2.05) is 45.0 Å². The summed E-state index contributed by atoms with van der Waals surface area (Å²) in [4.78, 5) is 12.4. The number of hydrogen-bond donors (Lipinski definition) is 1. The number of ether oxygens (including phenoxy) is 3. The van der Waals surface area contributed by atoms with Crippen LogP contribution in [-0.4, -0.2) is 37.0 Å². The summed E-state index contributed by atoms with van der Waals surface area (Å²) >= 11 is 0. The molecule has 0 saturated heterocycles. The third kappa shape index (κ3) is 5.49. The van der Waals surface area contributed by atoms with E-state index in [9.17, 15) is 9.90 Å². The van der Waals surface area contributed by atoms with E-state index >= 15 is 0 Å². The Balaban J connectivity index is 3.11. The van der Waals surface area contributed by atoms with Crippen molar-refractivity contribution in [3.05, 3.63) is 29.8 Å². The molecule has 0 saturated carbocycles. The van der Waals surface area contributed by atoms with Gasteiger partial charge >= 0.3 is 5.97 Å². The molecule has 1 rings (SSSR count). The first-order valence-electron chi connectivity index (χ1n) is 8.37. The molecule has 0 aliphatic heterocycles. The van der Waals surface area contributed by atoms with E-state index in [0.29, 0.717) is 13.0 Å². The molecule has 0 amide bonds. The Morgan fingerprint density at radius 1 is 1.21 bits per heavy atom. The summed E-state index contributed by atoms with van der Waals surface area (Å²) in [5.74, 6) is 0.429. The number of esters is 1. The largest absolute Gasteiger partial charge is 0.497 e. The van der Waals surface area contributed by atoms with E-state index in [1.54, 1.807) is 21.0 Å². The lowest BCUT2D eigenvalue weighted by Gasteiger charge is -2.34. The van der Waals surface area contributed by atoms with Crippen molar-refractivity contribution >= 4 is 5.97 Å². The second-order valence-electron chi connectivity index (χ2n) is 6.63. The second-order valence-corrected chi connectivity index (χ2v) is 6.63. The molecule has 0 bridgehead atoms. The van der Waals surface area contributed by atoms with Gasteiger partial charge in [-0.1, -0.05) is 12.1 Å². The molecule has 0 spiro atoms. The van der Waals surface area contributed by atoms with Gasteiger partial charge in [0.1, 0.15) is 5.75 Å². The maximum atomic E-state index is 12.4. The molecule has 136 valence electrons. The molecule has 1 aromatic rings. The minimum atomic E-state index is -0.864. The van der Waals surface area contributed by atoms with Crippen molar-refractivity contribution in [3.63, 3.8) is 0 Å². The Hall–Kier alpha value is -1.59. The fourth-order valence-electron chi connectivity index (χ4n) is 2.64. The van der Waals surface area contributed by atoms with Gasteiger partial charge in [-0.15, -0.1) is 0 Å². The summed E-state index contributed by atoms with van der Waals surface area (Å²) in [7, 11) is 1.61. The number of benzene rings is 1. The fraction of sp³-hybridized carbons (Fsp3) is 0.632. The summed E-state index contributed by atoms with van der Waals surface area (Å²) in [6.45, 7) is 9.35. The van der Waals surface area contributed by atoms with Crippen molar-refractivity contribution < 1.29 is 24.1 Å². The summed E-state index contributed by atoms with van der Waals surface area (Å²) in [5.41, 5.74) is 0.00340. The zero-order valence-electron chi connectivity index (χ0n) is 15.5. The molecule has 0 aliphatic rings. The van der Waals surface area contributed by atoms with Gasteiger partial charge in [0.2, 0.25) is 0 Å². The molecule has 0 unspecified atom stereocenters. The highest BCUT2D eigenvalue weighted by molar-refractivity contribution is 5.77. The molecule has 5 nitrogen and oxygen atoms in total. The van der Waals surface area contributed by atoms with Crippen LogP contribution in [-0.2, 0) is 14.3 Å². The number of methoxy groups -OCH3 is 1. The van der Waals surface area contributed by atoms with Crippen molar-refractivity contribution in [3.8, 4) is 5.75 Å². The molecule has 3 atom stereocenters. The van der Waals surface area contributed by atoms with Crippen molar-refractivity contribution in [2.75, 3.05) is 13.7 Å². The molecule has 0 aromatic heterocycles. The minimum absolute atomic E-state index is 0.203. The SMILES string of the molecule is CCOC(=O)C(C)(C)[C@@H](O[C@@H](C)C[C@@H](C)O)c1ccc(OC)cc1. The molecule has 0 fully saturated rings. The maximum Gasteiger partial charge on any atom is 0.314 e. The summed E-state index contributed by atoms with van der Waals surface area (Å²) in [6.07, 6.45) is -0.671. The van der Waals surface area contributed by atoms with E-state index < -0.39 is 17.6 Å². The first-order valence-corrected chi connectivity index (χ1v) is 8.37. The average Bonchev–Trinajstić information content (AvgIpc) is 2.52. The predicted molar refractivity (Wildman–Crippen MR) is 93.0 cm³/mol. The Kier molecular flexibility index (Phi) is 7.70. The molecule has 5 heteroatoms. The third-order valence-electron chi connectivity index (χ3n) is 3.92. The molecule has 24 heavy (non-hydrogen) atoms. The lowest BCUT2D eigenvalue weighted by atomic mass is 9.82. The first kappa shape index (κ1) is 20.5. The second kappa shape index (κ2) is 9.04. The Labute approximate surface area is 144 Å². The van der Waals surface area contributed by atoms with Crippen LogP contribution in [0.15, 0.2) is 24.3 Å². The van der Waals surface area contributed by atoms with Gasteiger partial charge in [-0.3, -0.25) is 4.79 Å². The van der Waals surface area contributed by atoms with Crippen LogP contribution < -0.4 is 4.74 Å². The summed E-state index contributed by atoms with van der Waals surface area (Å²) < 4.78 is 16.6. The van der Waals surface area contributed by atoms with Crippen molar-refractivity contribution in [2.45, 2.75) is 59.4 Å². The first-order chi connectivity index (χ1) is 11.2. The number of aliphatic hydroxyl groups is 1. The van der Waals surface area contributed by atoms with Gasteiger partial charge in [-0.05, 0) is 58.7 Å². The van der Waals surface area contributed by atoms with Crippen LogP contribution in [0, 0.1) is 5.41 Å². The number of carbonyl (C=O) groups is 1. The van der Waals surface area contributed by atoms with E-state index in [2.05, 4.69) is 0 Å². The van der Waals surface area contributed by atoms with Crippen molar-refractivity contribution in [1.29, 1.82) is 0 Å². The fourth-order valence-corrected chi connectivity index (χ4v) is 2.64. The van der Waals surface area contributed by atoms with Gasteiger partial charge in [0.15, 0.2) is 0 Å². The standard InChI is InChI=1S/C19H30O5/c1-7-23-18(21)19(4,5)17(24-14(3)12-13(2)20)15-8-10-16(22-6)11-9-15/h8-11,13-14,17,20H,7,12H2,1-6H3/t13-,14+,17+/m1/s1. The van der Waals surface area contributed by atoms with Gasteiger partial charge in [0.25, 0.3) is 0 Å². The van der Waals surface area contributed by atoms with Crippen LogP contribution in [0.3, 0.4) is 0 Å². The Morgan fingerprint density at radius 2 is 1.79 bits per heavy atom. The van der Waals surface area contributed by atoms with Gasteiger partial charge < -0.3 is 19.3 Å². The topological polar surface area (TPSA) is 65.0 Å².